The molecule has 1 aliphatic heterocycles. The Morgan fingerprint density at radius 1 is 1.23 bits per heavy atom. The second kappa shape index (κ2) is 8.28. The van der Waals surface area contributed by atoms with Crippen molar-refractivity contribution >= 4 is 11.7 Å². The molecule has 0 bridgehead atoms. The number of hydrogen-bond donors (Lipinski definition) is 1. The summed E-state index contributed by atoms with van der Waals surface area (Å²) in [6, 6.07) is 3.29. The van der Waals surface area contributed by atoms with E-state index in [1.807, 2.05) is 6.92 Å². The molecular weight excluding hydrogens is 413 g/mol. The molecule has 1 aliphatic rings. The molecule has 3 aromatic rings. The quantitative estimate of drug-likeness (QED) is 0.676. The molecule has 3 aromatic heterocycles. The van der Waals surface area contributed by atoms with E-state index in [2.05, 4.69) is 30.6 Å². The number of aryl methyl sites for hydroxylation is 1. The summed E-state index contributed by atoms with van der Waals surface area (Å²) in [6.45, 7) is 2.74. The third kappa shape index (κ3) is 4.62. The van der Waals surface area contributed by atoms with Crippen LogP contribution < -0.4 is 5.32 Å². The van der Waals surface area contributed by atoms with Crippen LogP contribution in [0.5, 0.6) is 0 Å². The van der Waals surface area contributed by atoms with Gasteiger partial charge in [0.15, 0.2) is 11.5 Å². The monoisotopic (exact) mass is 432 g/mol. The van der Waals surface area contributed by atoms with Crippen molar-refractivity contribution in [3.05, 3.63) is 53.9 Å². The number of hydrogen-bond acceptors (Lipinski definition) is 7. The first-order chi connectivity index (χ1) is 14.8. The highest BCUT2D eigenvalue weighted by molar-refractivity contribution is 5.97. The van der Waals surface area contributed by atoms with Crippen LogP contribution in [-0.4, -0.2) is 59.9 Å². The summed E-state index contributed by atoms with van der Waals surface area (Å²) < 4.78 is 39.4. The summed E-state index contributed by atoms with van der Waals surface area (Å²) in [5.74, 6) is 0.418. The molecule has 0 unspecified atom stereocenters. The molecule has 12 heteroatoms. The summed E-state index contributed by atoms with van der Waals surface area (Å²) >= 11 is 0. The van der Waals surface area contributed by atoms with Crippen molar-refractivity contribution in [3.8, 4) is 5.82 Å². The first-order valence-corrected chi connectivity index (χ1v) is 9.60. The van der Waals surface area contributed by atoms with Crippen molar-refractivity contribution in [1.82, 2.24) is 34.8 Å². The highest BCUT2D eigenvalue weighted by Crippen LogP contribution is 2.27. The van der Waals surface area contributed by atoms with Gasteiger partial charge in [-0.25, -0.2) is 19.6 Å². The van der Waals surface area contributed by atoms with E-state index in [1.54, 1.807) is 23.2 Å². The molecule has 1 fully saturated rings. The van der Waals surface area contributed by atoms with Crippen molar-refractivity contribution in [1.29, 1.82) is 0 Å². The average Bonchev–Trinajstić information content (AvgIpc) is 3.28. The first kappa shape index (κ1) is 20.7. The summed E-state index contributed by atoms with van der Waals surface area (Å²) in [5.41, 5.74) is 0.0817. The molecule has 0 radical (unpaired) electrons. The summed E-state index contributed by atoms with van der Waals surface area (Å²) in [7, 11) is 0. The van der Waals surface area contributed by atoms with E-state index in [1.165, 1.54) is 10.9 Å². The topological polar surface area (TPSA) is 102 Å². The van der Waals surface area contributed by atoms with E-state index in [0.717, 1.165) is 24.7 Å². The standard InChI is InChI=1S/C19H19F3N8O/c1-12-4-5-14(17(26-12)30-8-6-25-28-30)18(31)29-7-2-3-13(11-29)27-16-10-23-15(9-24-16)19(20,21)22/h4-6,8-10,13H,2-3,7,11H2,1H3,(H,24,27)/t13-/m1/s1. The van der Waals surface area contributed by atoms with Gasteiger partial charge in [-0.1, -0.05) is 5.21 Å². The largest absolute Gasteiger partial charge is 0.434 e. The van der Waals surface area contributed by atoms with Gasteiger partial charge in [0.25, 0.3) is 5.91 Å². The number of halogens is 3. The average molecular weight is 432 g/mol. The van der Waals surface area contributed by atoms with Crippen LogP contribution in [0.3, 0.4) is 0 Å². The van der Waals surface area contributed by atoms with Crippen molar-refractivity contribution in [2.24, 2.45) is 0 Å². The second-order valence-electron chi connectivity index (χ2n) is 7.19. The zero-order valence-electron chi connectivity index (χ0n) is 16.5. The molecule has 162 valence electrons. The molecule has 1 amide bonds. The zero-order valence-corrected chi connectivity index (χ0v) is 16.5. The Hall–Kier alpha value is -3.57. The van der Waals surface area contributed by atoms with E-state index >= 15 is 0 Å². The number of pyridine rings is 1. The minimum Gasteiger partial charge on any atom is -0.364 e. The first-order valence-electron chi connectivity index (χ1n) is 9.60. The Morgan fingerprint density at radius 2 is 2.06 bits per heavy atom. The predicted molar refractivity (Wildman–Crippen MR) is 103 cm³/mol. The van der Waals surface area contributed by atoms with Crippen LogP contribution in [0.1, 0.15) is 34.6 Å². The lowest BCUT2D eigenvalue weighted by Crippen LogP contribution is -2.45. The fourth-order valence-corrected chi connectivity index (χ4v) is 3.41. The van der Waals surface area contributed by atoms with Gasteiger partial charge in [-0.05, 0) is 31.9 Å². The van der Waals surface area contributed by atoms with Crippen LogP contribution in [0.15, 0.2) is 36.9 Å². The molecule has 31 heavy (non-hydrogen) atoms. The maximum absolute atomic E-state index is 13.2. The fourth-order valence-electron chi connectivity index (χ4n) is 3.41. The van der Waals surface area contributed by atoms with Crippen molar-refractivity contribution in [2.75, 3.05) is 18.4 Å². The van der Waals surface area contributed by atoms with Gasteiger partial charge in [-0.15, -0.1) is 5.10 Å². The third-order valence-electron chi connectivity index (χ3n) is 4.89. The molecular formula is C19H19F3N8O. The number of carbonyl (C=O) groups is 1. The summed E-state index contributed by atoms with van der Waals surface area (Å²) in [4.78, 5) is 26.6. The Labute approximate surface area is 175 Å². The van der Waals surface area contributed by atoms with Gasteiger partial charge in [0.2, 0.25) is 0 Å². The zero-order chi connectivity index (χ0) is 22.0. The normalized spacial score (nSPS) is 16.9. The van der Waals surface area contributed by atoms with Gasteiger partial charge < -0.3 is 10.2 Å². The highest BCUT2D eigenvalue weighted by Gasteiger charge is 2.33. The smallest absolute Gasteiger partial charge is 0.364 e. The van der Waals surface area contributed by atoms with Gasteiger partial charge in [-0.3, -0.25) is 4.79 Å². The molecule has 0 aromatic carbocycles. The van der Waals surface area contributed by atoms with E-state index in [-0.39, 0.29) is 17.8 Å². The van der Waals surface area contributed by atoms with Crippen LogP contribution in [0.4, 0.5) is 19.0 Å². The molecule has 1 saturated heterocycles. The van der Waals surface area contributed by atoms with Crippen LogP contribution in [0, 0.1) is 6.92 Å². The molecule has 0 aliphatic carbocycles. The van der Waals surface area contributed by atoms with Crippen molar-refractivity contribution in [3.63, 3.8) is 0 Å². The maximum atomic E-state index is 13.2. The highest BCUT2D eigenvalue weighted by atomic mass is 19.4. The van der Waals surface area contributed by atoms with E-state index < -0.39 is 11.9 Å². The molecule has 1 atom stereocenters. The Morgan fingerprint density at radius 3 is 2.74 bits per heavy atom. The fraction of sp³-hybridized carbons (Fsp3) is 0.368. The molecule has 1 N–H and O–H groups in total. The molecule has 9 nitrogen and oxygen atoms in total. The van der Waals surface area contributed by atoms with Gasteiger partial charge in [0.1, 0.15) is 5.82 Å². The van der Waals surface area contributed by atoms with Crippen LogP contribution in [0.25, 0.3) is 5.82 Å². The summed E-state index contributed by atoms with van der Waals surface area (Å²) in [5, 5.41) is 10.8. The van der Waals surface area contributed by atoms with E-state index in [0.29, 0.717) is 30.7 Å². The lowest BCUT2D eigenvalue weighted by Gasteiger charge is -2.33. The molecule has 0 spiro atoms. The van der Waals surface area contributed by atoms with Crippen molar-refractivity contribution < 1.29 is 18.0 Å². The number of anilines is 1. The maximum Gasteiger partial charge on any atom is 0.434 e. The number of aromatic nitrogens is 6. The van der Waals surface area contributed by atoms with Gasteiger partial charge >= 0.3 is 6.18 Å². The number of piperidine rings is 1. The number of carbonyl (C=O) groups excluding carboxylic acids is 1. The minimum atomic E-state index is -4.54. The van der Waals surface area contributed by atoms with Crippen LogP contribution in [0.2, 0.25) is 0 Å². The van der Waals surface area contributed by atoms with Crippen LogP contribution >= 0.6 is 0 Å². The molecule has 4 rings (SSSR count). The Kier molecular flexibility index (Phi) is 5.53. The summed E-state index contributed by atoms with van der Waals surface area (Å²) in [6.07, 6.45) is 1.80. The van der Waals surface area contributed by atoms with E-state index in [9.17, 15) is 18.0 Å². The Bertz CT molecular complexity index is 1050. The van der Waals surface area contributed by atoms with Gasteiger partial charge in [-0.2, -0.15) is 13.2 Å². The van der Waals surface area contributed by atoms with Gasteiger partial charge in [0, 0.05) is 24.8 Å². The Balaban J connectivity index is 1.49. The van der Waals surface area contributed by atoms with E-state index in [4.69, 9.17) is 0 Å². The van der Waals surface area contributed by atoms with Crippen molar-refractivity contribution in [2.45, 2.75) is 32.0 Å². The molecule has 0 saturated carbocycles. The number of likely N-dealkylation sites (tertiary alicyclic amines) is 1. The SMILES string of the molecule is Cc1ccc(C(=O)N2CCC[C@@H](Nc3cnc(C(F)(F)F)cn3)C2)c(-n2ccnn2)n1. The number of nitrogens with one attached hydrogen (secondary N) is 1. The van der Waals surface area contributed by atoms with Gasteiger partial charge in [0.05, 0.1) is 30.4 Å². The molecule has 4 heterocycles. The minimum absolute atomic E-state index is 0.169. The lowest BCUT2D eigenvalue weighted by atomic mass is 10.0. The second-order valence-corrected chi connectivity index (χ2v) is 7.19. The van der Waals surface area contributed by atoms with Crippen LogP contribution in [-0.2, 0) is 6.18 Å². The number of nitrogens with zero attached hydrogens (tertiary/aromatic N) is 7. The lowest BCUT2D eigenvalue weighted by molar-refractivity contribution is -0.141. The number of rotatable bonds is 4. The predicted octanol–water partition coefficient (Wildman–Crippen LogP) is 2.50. The number of amides is 1. The number of alkyl halides is 3. The third-order valence-corrected chi connectivity index (χ3v) is 4.89.